The van der Waals surface area contributed by atoms with Crippen LogP contribution in [0.2, 0.25) is 0 Å². The van der Waals surface area contributed by atoms with Crippen molar-refractivity contribution in [3.63, 3.8) is 0 Å². The number of fused-ring (bicyclic) bond motifs is 1. The van der Waals surface area contributed by atoms with Crippen LogP contribution < -0.4 is 5.73 Å². The van der Waals surface area contributed by atoms with Gasteiger partial charge in [0.2, 0.25) is 5.95 Å². The Balaban J connectivity index is 2.11. The van der Waals surface area contributed by atoms with E-state index in [1.165, 1.54) is 0 Å². The maximum absolute atomic E-state index is 5.98. The van der Waals surface area contributed by atoms with Gasteiger partial charge in [0.25, 0.3) is 0 Å². The zero-order valence-electron chi connectivity index (χ0n) is 9.27. The first-order valence-corrected chi connectivity index (χ1v) is 6.41. The van der Waals surface area contributed by atoms with Gasteiger partial charge in [0, 0.05) is 17.3 Å². The lowest BCUT2D eigenvalue weighted by Crippen LogP contribution is -2.22. The van der Waals surface area contributed by atoms with E-state index in [1.54, 1.807) is 6.20 Å². The van der Waals surface area contributed by atoms with Crippen molar-refractivity contribution >= 4 is 33.0 Å². The van der Waals surface area contributed by atoms with Gasteiger partial charge >= 0.3 is 0 Å². The molecule has 6 heteroatoms. The van der Waals surface area contributed by atoms with Crippen LogP contribution in [0.5, 0.6) is 0 Å². The number of anilines is 1. The molecular formula is C11H13BrN4O. The summed E-state index contributed by atoms with van der Waals surface area (Å²) in [5.41, 5.74) is 7.63. The first kappa shape index (κ1) is 11.0. The fourth-order valence-electron chi connectivity index (χ4n) is 2.26. The van der Waals surface area contributed by atoms with Crippen LogP contribution in [0.3, 0.4) is 0 Å². The second-order valence-electron chi connectivity index (χ2n) is 4.21. The Hall–Kier alpha value is -1.14. The van der Waals surface area contributed by atoms with Crippen molar-refractivity contribution in [2.24, 2.45) is 0 Å². The molecular weight excluding hydrogens is 284 g/mol. The number of pyridine rings is 1. The summed E-state index contributed by atoms with van der Waals surface area (Å²) in [5, 5.41) is 0. The number of hydrogen-bond donors (Lipinski definition) is 1. The van der Waals surface area contributed by atoms with Crippen molar-refractivity contribution < 1.29 is 4.74 Å². The number of hydrogen-bond acceptors (Lipinski definition) is 4. The minimum atomic E-state index is 0.252. The number of nitrogens with zero attached hydrogens (tertiary/aromatic N) is 3. The molecule has 1 unspecified atom stereocenters. The molecule has 2 N–H and O–H groups in total. The molecule has 0 saturated carbocycles. The zero-order valence-corrected chi connectivity index (χ0v) is 10.9. The summed E-state index contributed by atoms with van der Waals surface area (Å²) in [4.78, 5) is 8.74. The second kappa shape index (κ2) is 4.27. The molecule has 2 aromatic heterocycles. The van der Waals surface area contributed by atoms with Crippen LogP contribution in [0.25, 0.3) is 11.2 Å². The molecule has 0 bridgehead atoms. The minimum Gasteiger partial charge on any atom is -0.379 e. The number of ether oxygens (including phenoxy) is 1. The predicted molar refractivity (Wildman–Crippen MR) is 68.7 cm³/mol. The molecule has 3 heterocycles. The van der Waals surface area contributed by atoms with Crippen molar-refractivity contribution in [3.8, 4) is 0 Å². The molecule has 3 rings (SSSR count). The first-order valence-electron chi connectivity index (χ1n) is 5.62. The monoisotopic (exact) mass is 296 g/mol. The van der Waals surface area contributed by atoms with Crippen molar-refractivity contribution in [2.75, 3.05) is 18.9 Å². The molecule has 1 fully saturated rings. The molecule has 0 aliphatic carbocycles. The van der Waals surface area contributed by atoms with Crippen LogP contribution in [-0.4, -0.2) is 27.7 Å². The van der Waals surface area contributed by atoms with Crippen LogP contribution >= 0.6 is 15.9 Å². The molecule has 2 aromatic rings. The lowest BCUT2D eigenvalue weighted by Gasteiger charge is -2.24. The van der Waals surface area contributed by atoms with E-state index >= 15 is 0 Å². The highest BCUT2D eigenvalue weighted by molar-refractivity contribution is 9.10. The van der Waals surface area contributed by atoms with Crippen molar-refractivity contribution in [2.45, 2.75) is 18.9 Å². The number of rotatable bonds is 1. The van der Waals surface area contributed by atoms with E-state index in [0.717, 1.165) is 35.1 Å². The Bertz CT molecular complexity index is 548. The molecule has 0 aromatic carbocycles. The summed E-state index contributed by atoms with van der Waals surface area (Å²) in [6, 6.07) is 2.18. The van der Waals surface area contributed by atoms with Gasteiger partial charge in [-0.05, 0) is 34.8 Å². The second-order valence-corrected chi connectivity index (χ2v) is 5.12. The summed E-state index contributed by atoms with van der Waals surface area (Å²) in [6.07, 6.45) is 3.89. The zero-order chi connectivity index (χ0) is 11.8. The van der Waals surface area contributed by atoms with Gasteiger partial charge in [0.1, 0.15) is 5.52 Å². The Morgan fingerprint density at radius 3 is 3.18 bits per heavy atom. The fourth-order valence-corrected chi connectivity index (χ4v) is 2.58. The topological polar surface area (TPSA) is 66.0 Å². The van der Waals surface area contributed by atoms with Crippen molar-refractivity contribution in [1.29, 1.82) is 0 Å². The van der Waals surface area contributed by atoms with E-state index < -0.39 is 0 Å². The minimum absolute atomic E-state index is 0.252. The van der Waals surface area contributed by atoms with Gasteiger partial charge in [-0.2, -0.15) is 0 Å². The highest BCUT2D eigenvalue weighted by Gasteiger charge is 2.21. The lowest BCUT2D eigenvalue weighted by atomic mass is 10.1. The van der Waals surface area contributed by atoms with Crippen LogP contribution in [-0.2, 0) is 4.74 Å². The van der Waals surface area contributed by atoms with Gasteiger partial charge in [-0.25, -0.2) is 9.97 Å². The van der Waals surface area contributed by atoms with E-state index in [0.29, 0.717) is 12.6 Å². The maximum Gasteiger partial charge on any atom is 0.202 e. The van der Waals surface area contributed by atoms with E-state index in [1.807, 2.05) is 10.6 Å². The molecule has 0 spiro atoms. The van der Waals surface area contributed by atoms with Crippen LogP contribution in [0.15, 0.2) is 16.7 Å². The van der Waals surface area contributed by atoms with Gasteiger partial charge in [0.05, 0.1) is 12.6 Å². The predicted octanol–water partition coefficient (Wildman–Crippen LogP) is 2.13. The summed E-state index contributed by atoms with van der Waals surface area (Å²) < 4.78 is 8.39. The first-order chi connectivity index (χ1) is 8.25. The van der Waals surface area contributed by atoms with Gasteiger partial charge in [-0.3, -0.25) is 4.57 Å². The number of halogens is 1. The molecule has 1 saturated heterocycles. The third-order valence-electron chi connectivity index (χ3n) is 3.03. The van der Waals surface area contributed by atoms with Crippen LogP contribution in [0.1, 0.15) is 18.9 Å². The third kappa shape index (κ3) is 1.91. The molecule has 90 valence electrons. The maximum atomic E-state index is 5.98. The SMILES string of the molecule is Nc1nc2cc(Br)cnc2n1C1CCCOC1. The van der Waals surface area contributed by atoms with Gasteiger partial charge in [0.15, 0.2) is 5.65 Å². The normalized spacial score (nSPS) is 20.9. The summed E-state index contributed by atoms with van der Waals surface area (Å²) in [5.74, 6) is 0.515. The number of aromatic nitrogens is 3. The van der Waals surface area contributed by atoms with Gasteiger partial charge in [-0.1, -0.05) is 0 Å². The van der Waals surface area contributed by atoms with E-state index in [4.69, 9.17) is 10.5 Å². The Labute approximate surface area is 107 Å². The molecule has 1 aliphatic heterocycles. The molecule has 5 nitrogen and oxygen atoms in total. The largest absolute Gasteiger partial charge is 0.379 e. The third-order valence-corrected chi connectivity index (χ3v) is 3.46. The molecule has 0 radical (unpaired) electrons. The Kier molecular flexibility index (Phi) is 2.76. The van der Waals surface area contributed by atoms with E-state index in [2.05, 4.69) is 25.9 Å². The standard InChI is InChI=1S/C11H13BrN4O/c12-7-4-9-10(14-5-7)16(11(13)15-9)8-2-1-3-17-6-8/h4-5,8H,1-3,6H2,(H2,13,15). The van der Waals surface area contributed by atoms with Gasteiger partial charge < -0.3 is 10.5 Å². The van der Waals surface area contributed by atoms with Crippen LogP contribution in [0, 0.1) is 0 Å². The summed E-state index contributed by atoms with van der Waals surface area (Å²) in [6.45, 7) is 1.52. The summed E-state index contributed by atoms with van der Waals surface area (Å²) in [7, 11) is 0. The number of nitrogens with two attached hydrogens (primary N) is 1. The highest BCUT2D eigenvalue weighted by atomic mass is 79.9. The molecule has 17 heavy (non-hydrogen) atoms. The fraction of sp³-hybridized carbons (Fsp3) is 0.455. The van der Waals surface area contributed by atoms with E-state index in [9.17, 15) is 0 Å². The van der Waals surface area contributed by atoms with Crippen molar-refractivity contribution in [1.82, 2.24) is 14.5 Å². The molecule has 1 atom stereocenters. The molecule has 1 aliphatic rings. The molecule has 0 amide bonds. The smallest absolute Gasteiger partial charge is 0.202 e. The van der Waals surface area contributed by atoms with Crippen molar-refractivity contribution in [3.05, 3.63) is 16.7 Å². The number of imidazole rings is 1. The Morgan fingerprint density at radius 2 is 2.41 bits per heavy atom. The average molecular weight is 297 g/mol. The van der Waals surface area contributed by atoms with Gasteiger partial charge in [-0.15, -0.1) is 0 Å². The number of nitrogen functional groups attached to an aromatic ring is 1. The average Bonchev–Trinajstić information content (AvgIpc) is 2.65. The Morgan fingerprint density at radius 1 is 1.53 bits per heavy atom. The highest BCUT2D eigenvalue weighted by Crippen LogP contribution is 2.27. The quantitative estimate of drug-likeness (QED) is 0.875. The van der Waals surface area contributed by atoms with Crippen LogP contribution in [0.4, 0.5) is 5.95 Å². The lowest BCUT2D eigenvalue weighted by molar-refractivity contribution is 0.0610. The summed E-state index contributed by atoms with van der Waals surface area (Å²) >= 11 is 3.38. The van der Waals surface area contributed by atoms with E-state index in [-0.39, 0.29) is 6.04 Å².